The second kappa shape index (κ2) is 9.72. The molecule has 146 valence electrons. The maximum atomic E-state index is 4.58. The Labute approximate surface area is 179 Å². The van der Waals surface area contributed by atoms with E-state index in [-0.39, 0.29) is 0 Å². The van der Waals surface area contributed by atoms with E-state index in [1.807, 2.05) is 6.07 Å². The second-order valence-corrected chi connectivity index (χ2v) is 8.98. The molecule has 0 bridgehead atoms. The number of rotatable bonds is 7. The number of hydrogen-bond acceptors (Lipinski definition) is 4. The molecule has 4 rings (SSSR count). The predicted molar refractivity (Wildman–Crippen MR) is 118 cm³/mol. The van der Waals surface area contributed by atoms with Gasteiger partial charge in [-0.25, -0.2) is 0 Å². The summed E-state index contributed by atoms with van der Waals surface area (Å²) in [6, 6.07) is 19.0. The van der Waals surface area contributed by atoms with Crippen LogP contribution < -0.4 is 0 Å². The van der Waals surface area contributed by atoms with Crippen LogP contribution in [0.2, 0.25) is 0 Å². The van der Waals surface area contributed by atoms with E-state index < -0.39 is 0 Å². The summed E-state index contributed by atoms with van der Waals surface area (Å²) in [4.78, 5) is 2.51. The average molecular weight is 457 g/mol. The lowest BCUT2D eigenvalue weighted by atomic mass is 10.1. The summed E-state index contributed by atoms with van der Waals surface area (Å²) in [5, 5.41) is 10.1. The Bertz CT molecular complexity index is 891. The van der Waals surface area contributed by atoms with Crippen molar-refractivity contribution in [1.82, 2.24) is 19.7 Å². The highest BCUT2D eigenvalue weighted by atomic mass is 79.9. The van der Waals surface area contributed by atoms with E-state index in [4.69, 9.17) is 0 Å². The van der Waals surface area contributed by atoms with Crippen LogP contribution in [-0.4, -0.2) is 32.8 Å². The number of thioether (sulfide) groups is 1. The highest BCUT2D eigenvalue weighted by molar-refractivity contribution is 9.10. The van der Waals surface area contributed by atoms with Gasteiger partial charge in [0.25, 0.3) is 0 Å². The van der Waals surface area contributed by atoms with E-state index in [0.717, 1.165) is 47.4 Å². The smallest absolute Gasteiger partial charge is 0.191 e. The van der Waals surface area contributed by atoms with Crippen LogP contribution in [0.25, 0.3) is 0 Å². The van der Waals surface area contributed by atoms with Crippen LogP contribution in [-0.2, 0) is 18.8 Å². The first-order valence-corrected chi connectivity index (χ1v) is 11.6. The van der Waals surface area contributed by atoms with Gasteiger partial charge in [-0.3, -0.25) is 4.90 Å². The van der Waals surface area contributed by atoms with Crippen molar-refractivity contribution in [1.29, 1.82) is 0 Å². The van der Waals surface area contributed by atoms with E-state index in [1.54, 1.807) is 11.8 Å². The van der Waals surface area contributed by atoms with Crippen LogP contribution >= 0.6 is 27.7 Å². The number of benzene rings is 2. The number of halogens is 1. The SMILES string of the molecule is Brc1ccccc1CSc1nnc(CN2CCCCC2)n1Cc1ccccc1. The van der Waals surface area contributed by atoms with Gasteiger partial charge in [-0.1, -0.05) is 82.6 Å². The van der Waals surface area contributed by atoms with Gasteiger partial charge in [-0.2, -0.15) is 0 Å². The summed E-state index contributed by atoms with van der Waals surface area (Å²) >= 11 is 5.41. The molecule has 4 nitrogen and oxygen atoms in total. The molecule has 0 aliphatic carbocycles. The van der Waals surface area contributed by atoms with Crippen LogP contribution in [0.3, 0.4) is 0 Å². The molecule has 0 amide bonds. The molecule has 2 heterocycles. The van der Waals surface area contributed by atoms with Crippen molar-refractivity contribution in [3.63, 3.8) is 0 Å². The van der Waals surface area contributed by atoms with E-state index in [0.29, 0.717) is 0 Å². The number of piperidine rings is 1. The Morgan fingerprint density at radius 1 is 0.857 bits per heavy atom. The summed E-state index contributed by atoms with van der Waals surface area (Å²) in [6.45, 7) is 4.03. The molecule has 0 unspecified atom stereocenters. The zero-order chi connectivity index (χ0) is 19.2. The van der Waals surface area contributed by atoms with Crippen LogP contribution in [0.5, 0.6) is 0 Å². The van der Waals surface area contributed by atoms with E-state index >= 15 is 0 Å². The van der Waals surface area contributed by atoms with Crippen molar-refractivity contribution in [3.8, 4) is 0 Å². The lowest BCUT2D eigenvalue weighted by Crippen LogP contribution is -2.30. The summed E-state index contributed by atoms with van der Waals surface area (Å²) in [5.74, 6) is 1.94. The van der Waals surface area contributed by atoms with Crippen molar-refractivity contribution < 1.29 is 0 Å². The summed E-state index contributed by atoms with van der Waals surface area (Å²) in [7, 11) is 0. The number of hydrogen-bond donors (Lipinski definition) is 0. The Morgan fingerprint density at radius 3 is 2.39 bits per heavy atom. The van der Waals surface area contributed by atoms with E-state index in [9.17, 15) is 0 Å². The molecule has 1 fully saturated rings. The first-order valence-electron chi connectivity index (χ1n) is 9.84. The third kappa shape index (κ3) is 5.04. The molecule has 1 aromatic heterocycles. The quantitative estimate of drug-likeness (QED) is 0.447. The standard InChI is InChI=1S/C22H25BrN4S/c23-20-12-6-5-11-19(20)17-28-22-25-24-21(16-26-13-7-2-8-14-26)27(22)15-18-9-3-1-4-10-18/h1,3-6,9-12H,2,7-8,13-17H2. The van der Waals surface area contributed by atoms with Gasteiger partial charge in [0.1, 0.15) is 5.82 Å². The third-order valence-corrected chi connectivity index (χ3v) is 6.89. The molecule has 2 aromatic carbocycles. The Balaban J connectivity index is 1.55. The molecule has 28 heavy (non-hydrogen) atoms. The first-order chi connectivity index (χ1) is 13.8. The largest absolute Gasteiger partial charge is 0.300 e. The molecular weight excluding hydrogens is 432 g/mol. The number of likely N-dealkylation sites (tertiary alicyclic amines) is 1. The molecule has 1 aliphatic rings. The van der Waals surface area contributed by atoms with Gasteiger partial charge < -0.3 is 4.57 Å². The highest BCUT2D eigenvalue weighted by Crippen LogP contribution is 2.27. The minimum atomic E-state index is 0.815. The zero-order valence-electron chi connectivity index (χ0n) is 15.9. The monoisotopic (exact) mass is 456 g/mol. The van der Waals surface area contributed by atoms with Gasteiger partial charge >= 0.3 is 0 Å². The average Bonchev–Trinajstić information content (AvgIpc) is 3.10. The molecule has 1 aliphatic heterocycles. The lowest BCUT2D eigenvalue weighted by Gasteiger charge is -2.26. The van der Waals surface area contributed by atoms with Gasteiger partial charge in [0.15, 0.2) is 5.16 Å². The van der Waals surface area contributed by atoms with Gasteiger partial charge in [0.2, 0.25) is 0 Å². The fraction of sp³-hybridized carbons (Fsp3) is 0.364. The maximum absolute atomic E-state index is 4.58. The van der Waals surface area contributed by atoms with E-state index in [2.05, 4.69) is 84.1 Å². The molecule has 0 spiro atoms. The van der Waals surface area contributed by atoms with Crippen LogP contribution in [0.4, 0.5) is 0 Å². The molecule has 0 radical (unpaired) electrons. The predicted octanol–water partition coefficient (Wildman–Crippen LogP) is 5.37. The molecule has 0 saturated carbocycles. The van der Waals surface area contributed by atoms with Crippen LogP contribution in [0.15, 0.2) is 64.2 Å². The third-order valence-electron chi connectivity index (χ3n) is 5.11. The van der Waals surface area contributed by atoms with Gasteiger partial charge in [-0.15, -0.1) is 10.2 Å². The van der Waals surface area contributed by atoms with Gasteiger partial charge in [-0.05, 0) is 43.1 Å². The Hall–Kier alpha value is -1.63. The normalized spacial score (nSPS) is 15.0. The molecule has 3 aromatic rings. The minimum absolute atomic E-state index is 0.815. The Morgan fingerprint density at radius 2 is 1.61 bits per heavy atom. The van der Waals surface area contributed by atoms with E-state index in [1.165, 1.54) is 30.4 Å². The van der Waals surface area contributed by atoms with Gasteiger partial charge in [0, 0.05) is 10.2 Å². The lowest BCUT2D eigenvalue weighted by molar-refractivity contribution is 0.213. The highest BCUT2D eigenvalue weighted by Gasteiger charge is 2.18. The zero-order valence-corrected chi connectivity index (χ0v) is 18.3. The molecular formula is C22H25BrN4S. The van der Waals surface area contributed by atoms with Crippen LogP contribution in [0.1, 0.15) is 36.2 Å². The minimum Gasteiger partial charge on any atom is -0.300 e. The maximum Gasteiger partial charge on any atom is 0.191 e. The molecule has 6 heteroatoms. The molecule has 0 atom stereocenters. The van der Waals surface area contributed by atoms with Crippen molar-refractivity contribution in [2.45, 2.75) is 43.3 Å². The van der Waals surface area contributed by atoms with Crippen molar-refractivity contribution in [2.75, 3.05) is 13.1 Å². The fourth-order valence-electron chi connectivity index (χ4n) is 3.54. The van der Waals surface area contributed by atoms with Crippen LogP contribution in [0, 0.1) is 0 Å². The molecule has 1 saturated heterocycles. The van der Waals surface area contributed by atoms with Crippen molar-refractivity contribution in [3.05, 3.63) is 76.0 Å². The summed E-state index contributed by atoms with van der Waals surface area (Å²) in [6.07, 6.45) is 3.92. The number of aromatic nitrogens is 3. The van der Waals surface area contributed by atoms with Gasteiger partial charge in [0.05, 0.1) is 13.1 Å². The summed E-state index contributed by atoms with van der Waals surface area (Å²) < 4.78 is 3.44. The second-order valence-electron chi connectivity index (χ2n) is 7.19. The van der Waals surface area contributed by atoms with Crippen molar-refractivity contribution >= 4 is 27.7 Å². The topological polar surface area (TPSA) is 34.0 Å². The summed E-state index contributed by atoms with van der Waals surface area (Å²) in [5.41, 5.74) is 2.56. The first kappa shape index (κ1) is 19.7. The Kier molecular flexibility index (Phi) is 6.83. The fourth-order valence-corrected chi connectivity index (χ4v) is 5.11. The van der Waals surface area contributed by atoms with Crippen molar-refractivity contribution in [2.24, 2.45) is 0 Å². The number of nitrogens with zero attached hydrogens (tertiary/aromatic N) is 4. The molecule has 0 N–H and O–H groups in total.